The second-order valence-electron chi connectivity index (χ2n) is 5.71. The Hall–Kier alpha value is 2.13. The van der Waals surface area contributed by atoms with Crippen LogP contribution in [0.1, 0.15) is 0 Å². The van der Waals surface area contributed by atoms with Gasteiger partial charge in [0.1, 0.15) is 22.0 Å². The summed E-state index contributed by atoms with van der Waals surface area (Å²) >= 11 is 11.8. The van der Waals surface area contributed by atoms with Crippen LogP contribution in [0.5, 0.6) is 0 Å². The van der Waals surface area contributed by atoms with Crippen LogP contribution in [-0.2, 0) is 0 Å². The first-order chi connectivity index (χ1) is 13.7. The zero-order valence-corrected chi connectivity index (χ0v) is 22.2. The molecule has 14 N–H and O–H groups in total. The van der Waals surface area contributed by atoms with E-state index in [9.17, 15) is 0 Å². The predicted octanol–water partition coefficient (Wildman–Crippen LogP) is 0.308. The van der Waals surface area contributed by atoms with Gasteiger partial charge in [0.15, 0.2) is 0 Å². The molecule has 0 aromatic heterocycles. The number of nitrogens with two attached hydrogens (primary N) is 6. The lowest BCUT2D eigenvalue weighted by molar-refractivity contribution is 0.914. The summed E-state index contributed by atoms with van der Waals surface area (Å²) in [4.78, 5) is 0. The van der Waals surface area contributed by atoms with E-state index in [0.717, 1.165) is 46.0 Å². The summed E-state index contributed by atoms with van der Waals surface area (Å²) in [5.74, 6) is 7.51. The van der Waals surface area contributed by atoms with Crippen molar-refractivity contribution < 1.29 is 0 Å². The molecule has 2 radical (unpaired) electrons. The van der Waals surface area contributed by atoms with E-state index in [-0.39, 0.29) is 16.5 Å². The minimum Gasteiger partial charge on any atom is -0.308 e. The highest BCUT2D eigenvalue weighted by atomic mass is 32.2. The van der Waals surface area contributed by atoms with E-state index in [1.807, 2.05) is 35.3 Å². The highest BCUT2D eigenvalue weighted by molar-refractivity contribution is 8.08. The number of hydrogen-bond donors (Lipinski definition) is 6. The normalized spacial score (nSPS) is 14.5. The summed E-state index contributed by atoms with van der Waals surface area (Å²) in [6.07, 6.45) is 0. The molecule has 0 saturated heterocycles. The number of hydrogen-bond acceptors (Lipinski definition) is 13. The molecule has 29 heavy (non-hydrogen) atoms. The molecule has 0 aliphatic rings. The molecule has 0 spiro atoms. The Kier molecular flexibility index (Phi) is 22.2. The standard InChI is InChI=1S/C14H36N8S7/c15-11(16)26-3-1-24-9(7-28-13(19)20)5-23-6-10(8-29-14(21)22)25-2-4-27-12(17)18/h9-14,19-20H,1-8,15-18,21-22H2. The topological polar surface area (TPSA) is 204 Å². The van der Waals surface area contributed by atoms with Crippen molar-refractivity contribution in [1.29, 1.82) is 0 Å². The van der Waals surface area contributed by atoms with Gasteiger partial charge >= 0.3 is 0 Å². The van der Waals surface area contributed by atoms with Gasteiger partial charge in [0.2, 0.25) is 0 Å². The third-order valence-corrected chi connectivity index (χ3v) is 11.7. The van der Waals surface area contributed by atoms with Gasteiger partial charge in [-0.3, -0.25) is 0 Å². The van der Waals surface area contributed by atoms with Gasteiger partial charge in [-0.15, -0.1) is 47.0 Å². The summed E-state index contributed by atoms with van der Waals surface area (Å²) < 4.78 is 0. The molecule has 0 saturated carbocycles. The zero-order valence-electron chi connectivity index (χ0n) is 16.4. The van der Waals surface area contributed by atoms with Gasteiger partial charge in [-0.25, -0.2) is 11.5 Å². The Balaban J connectivity index is 4.34. The van der Waals surface area contributed by atoms with E-state index in [0.29, 0.717) is 10.5 Å². The van der Waals surface area contributed by atoms with Crippen LogP contribution >= 0.6 is 82.3 Å². The summed E-state index contributed by atoms with van der Waals surface area (Å²) in [7, 11) is 0. The molecular weight excluding hydrogens is 505 g/mol. The van der Waals surface area contributed by atoms with Gasteiger partial charge in [-0.05, 0) is 0 Å². The van der Waals surface area contributed by atoms with Crippen LogP contribution in [0.4, 0.5) is 0 Å². The van der Waals surface area contributed by atoms with Crippen LogP contribution in [-0.4, -0.2) is 78.5 Å². The van der Waals surface area contributed by atoms with Crippen LogP contribution in [0.25, 0.3) is 0 Å². The molecule has 174 valence electrons. The van der Waals surface area contributed by atoms with Crippen LogP contribution in [0.15, 0.2) is 0 Å². The van der Waals surface area contributed by atoms with Crippen molar-refractivity contribution in [3.05, 3.63) is 0 Å². The van der Waals surface area contributed by atoms with E-state index in [2.05, 4.69) is 0 Å². The van der Waals surface area contributed by atoms with Gasteiger partial charge in [-0.2, -0.15) is 35.3 Å². The molecule has 0 amide bonds. The molecule has 2 unspecified atom stereocenters. The molecule has 0 aromatic rings. The molecule has 0 bridgehead atoms. The van der Waals surface area contributed by atoms with Crippen LogP contribution in [0.2, 0.25) is 0 Å². The van der Waals surface area contributed by atoms with Crippen molar-refractivity contribution in [1.82, 2.24) is 11.5 Å². The lowest BCUT2D eigenvalue weighted by Gasteiger charge is -2.20. The molecule has 0 aromatic carbocycles. The summed E-state index contributed by atoms with van der Waals surface area (Å²) in [5.41, 5.74) is 46.7. The van der Waals surface area contributed by atoms with Gasteiger partial charge < -0.3 is 34.4 Å². The minimum absolute atomic E-state index is 0.324. The number of thioether (sulfide) groups is 7. The monoisotopic (exact) mass is 540 g/mol. The highest BCUT2D eigenvalue weighted by Gasteiger charge is 2.16. The van der Waals surface area contributed by atoms with Crippen molar-refractivity contribution in [3.63, 3.8) is 0 Å². The van der Waals surface area contributed by atoms with E-state index >= 15 is 0 Å². The van der Waals surface area contributed by atoms with E-state index in [4.69, 9.17) is 45.9 Å². The SMILES string of the molecule is [NH]C([NH])SCC(CSCC(CSC(N)N)SCCSC(N)N)SCCSC(N)N. The van der Waals surface area contributed by atoms with E-state index in [1.54, 1.807) is 35.3 Å². The van der Waals surface area contributed by atoms with Gasteiger partial charge in [0.05, 0.1) is 0 Å². The molecule has 0 heterocycles. The smallest absolute Gasteiger partial charge is 0.131 e. The molecule has 15 heteroatoms. The maximum absolute atomic E-state index is 7.43. The maximum atomic E-state index is 7.43. The average Bonchev–Trinajstić information content (AvgIpc) is 2.62. The second kappa shape index (κ2) is 20.7. The van der Waals surface area contributed by atoms with Gasteiger partial charge in [-0.1, -0.05) is 0 Å². The lowest BCUT2D eigenvalue weighted by atomic mass is 10.5. The summed E-state index contributed by atoms with van der Waals surface area (Å²) in [6.45, 7) is 0. The maximum Gasteiger partial charge on any atom is 0.131 e. The molecule has 0 fully saturated rings. The van der Waals surface area contributed by atoms with Crippen LogP contribution in [0, 0.1) is 0 Å². The molecule has 8 nitrogen and oxygen atoms in total. The third kappa shape index (κ3) is 23.1. The molecule has 0 aliphatic heterocycles. The van der Waals surface area contributed by atoms with Crippen LogP contribution in [0.3, 0.4) is 0 Å². The molecular formula is C14H36N8S7. The van der Waals surface area contributed by atoms with Gasteiger partial charge in [0, 0.05) is 56.5 Å². The summed E-state index contributed by atoms with van der Waals surface area (Å²) in [5, 5.41) is 0.858. The Morgan fingerprint density at radius 2 is 0.862 bits per heavy atom. The Morgan fingerprint density at radius 1 is 0.483 bits per heavy atom. The van der Waals surface area contributed by atoms with Crippen molar-refractivity contribution in [2.75, 3.05) is 46.0 Å². The Labute approximate surface area is 205 Å². The van der Waals surface area contributed by atoms with E-state index in [1.165, 1.54) is 11.8 Å². The Bertz CT molecular complexity index is 337. The quantitative estimate of drug-likeness (QED) is 0.0909. The second-order valence-corrected chi connectivity index (χ2v) is 14.5. The lowest BCUT2D eigenvalue weighted by Crippen LogP contribution is -2.29. The van der Waals surface area contributed by atoms with Crippen molar-refractivity contribution in [2.24, 2.45) is 34.4 Å². The number of rotatable bonds is 20. The highest BCUT2D eigenvalue weighted by Crippen LogP contribution is 2.27. The minimum atomic E-state index is -0.841. The third-order valence-electron chi connectivity index (χ3n) is 3.03. The molecule has 0 aliphatic carbocycles. The molecule has 2 atom stereocenters. The van der Waals surface area contributed by atoms with Crippen LogP contribution < -0.4 is 45.9 Å². The average molecular weight is 541 g/mol. The van der Waals surface area contributed by atoms with Gasteiger partial charge in [0.25, 0.3) is 0 Å². The fourth-order valence-corrected chi connectivity index (χ4v) is 9.45. The largest absolute Gasteiger partial charge is 0.308 e. The first kappa shape index (κ1) is 31.1. The summed E-state index contributed by atoms with van der Waals surface area (Å²) in [6, 6.07) is 0. The zero-order chi connectivity index (χ0) is 22.1. The first-order valence-corrected chi connectivity index (χ1v) is 16.4. The number of nitrogens with one attached hydrogen (secondary N) is 2. The first-order valence-electron chi connectivity index (χ1n) is 8.93. The molecule has 0 rings (SSSR count). The van der Waals surface area contributed by atoms with Crippen molar-refractivity contribution >= 4 is 82.3 Å². The fraction of sp³-hybridized carbons (Fsp3) is 1.00. The van der Waals surface area contributed by atoms with E-state index < -0.39 is 5.50 Å². The van der Waals surface area contributed by atoms with Crippen molar-refractivity contribution in [3.8, 4) is 0 Å². The fourth-order valence-electron chi connectivity index (χ4n) is 1.84. The van der Waals surface area contributed by atoms with Crippen molar-refractivity contribution in [2.45, 2.75) is 32.5 Å². The predicted molar refractivity (Wildman–Crippen MR) is 146 cm³/mol. The Morgan fingerprint density at radius 3 is 1.24 bits per heavy atom.